The number of likely N-dealkylation sites (N-methyl/N-ethyl adjacent to an activating group) is 1. The van der Waals surface area contributed by atoms with Crippen molar-refractivity contribution in [3.63, 3.8) is 0 Å². The molecule has 22 heavy (non-hydrogen) atoms. The first kappa shape index (κ1) is 17.0. The first-order chi connectivity index (χ1) is 10.4. The van der Waals surface area contributed by atoms with Crippen LogP contribution in [0, 0.1) is 5.41 Å². The predicted octanol–water partition coefficient (Wildman–Crippen LogP) is 1.91. The Bertz CT molecular complexity index is 571. The van der Waals surface area contributed by atoms with Gasteiger partial charge in [-0.05, 0) is 25.3 Å². The van der Waals surface area contributed by atoms with Crippen LogP contribution in [-0.4, -0.2) is 44.7 Å². The van der Waals surface area contributed by atoms with Gasteiger partial charge < -0.3 is 15.1 Å². The third kappa shape index (κ3) is 3.69. The molecule has 5 nitrogen and oxygen atoms in total. The summed E-state index contributed by atoms with van der Waals surface area (Å²) in [4.78, 5) is 28.0. The topological polar surface area (TPSA) is 52.6 Å². The molecule has 0 radical (unpaired) electrons. The summed E-state index contributed by atoms with van der Waals surface area (Å²) >= 11 is 0. The lowest BCUT2D eigenvalue weighted by atomic mass is 9.85. The zero-order valence-electron chi connectivity index (χ0n) is 14.4. The van der Waals surface area contributed by atoms with E-state index in [0.717, 1.165) is 52.0 Å². The van der Waals surface area contributed by atoms with Gasteiger partial charge in [-0.15, -0.1) is 0 Å². The van der Waals surface area contributed by atoms with Crippen molar-refractivity contribution >= 4 is 11.4 Å². The summed E-state index contributed by atoms with van der Waals surface area (Å²) in [6.07, 6.45) is 3.29. The van der Waals surface area contributed by atoms with Crippen LogP contribution in [0.1, 0.15) is 41.5 Å². The van der Waals surface area contributed by atoms with Crippen molar-refractivity contribution in [1.82, 2.24) is 4.90 Å². The van der Waals surface area contributed by atoms with Gasteiger partial charge in [0.15, 0.2) is 0 Å². The molecule has 1 heterocycles. The summed E-state index contributed by atoms with van der Waals surface area (Å²) in [5.41, 5.74) is 0.844. The van der Waals surface area contributed by atoms with E-state index in [1.807, 2.05) is 0 Å². The molecule has 0 spiro atoms. The van der Waals surface area contributed by atoms with Crippen LogP contribution in [0.3, 0.4) is 0 Å². The van der Waals surface area contributed by atoms with E-state index in [-0.39, 0.29) is 12.3 Å². The van der Waals surface area contributed by atoms with Crippen LogP contribution in [0.15, 0.2) is 9.59 Å². The highest BCUT2D eigenvalue weighted by Gasteiger charge is 2.27. The number of nitrogens with zero attached hydrogens (tertiary/aromatic N) is 2. The molecule has 5 heteroatoms. The highest BCUT2D eigenvalue weighted by Crippen LogP contribution is 2.26. The normalized spacial score (nSPS) is 17.2. The standard InChI is InChI=1S/C17H29N3O2.H2/c1-5-17(2,3)7-6-8-18-13-14(16(22)15(13)21)20-11-9-19(4)10-12-20;/h18H,5-12H2,1-4H3;1H. The SMILES string of the molecule is CCC(C)(C)CCCNc1c(N2CCN(C)CC2)c(=O)c1=O.[HH]. The van der Waals surface area contributed by atoms with E-state index in [1.54, 1.807) is 0 Å². The summed E-state index contributed by atoms with van der Waals surface area (Å²) in [5, 5.41) is 3.21. The van der Waals surface area contributed by atoms with E-state index in [0.29, 0.717) is 16.8 Å². The smallest absolute Gasteiger partial charge is 0.253 e. The summed E-state index contributed by atoms with van der Waals surface area (Å²) in [5.74, 6) is 0. The molecule has 1 aliphatic heterocycles. The average Bonchev–Trinajstić information content (AvgIpc) is 2.51. The molecule has 1 aromatic rings. The number of hydrogen-bond donors (Lipinski definition) is 1. The van der Waals surface area contributed by atoms with Crippen LogP contribution in [0.25, 0.3) is 0 Å². The van der Waals surface area contributed by atoms with E-state index in [9.17, 15) is 9.59 Å². The number of nitrogens with one attached hydrogen (secondary N) is 1. The Balaban J connectivity index is 0.00000264. The van der Waals surface area contributed by atoms with E-state index in [2.05, 4.69) is 42.9 Å². The second kappa shape index (κ2) is 6.82. The van der Waals surface area contributed by atoms with Gasteiger partial charge in [0, 0.05) is 34.2 Å². The number of hydrogen-bond acceptors (Lipinski definition) is 5. The van der Waals surface area contributed by atoms with E-state index in [4.69, 9.17) is 0 Å². The van der Waals surface area contributed by atoms with Gasteiger partial charge in [-0.25, -0.2) is 0 Å². The van der Waals surface area contributed by atoms with Crippen molar-refractivity contribution in [2.24, 2.45) is 5.41 Å². The summed E-state index contributed by atoms with van der Waals surface area (Å²) in [7, 11) is 2.08. The van der Waals surface area contributed by atoms with Crippen LogP contribution in [0.2, 0.25) is 0 Å². The van der Waals surface area contributed by atoms with Crippen LogP contribution in [0.5, 0.6) is 0 Å². The fourth-order valence-corrected chi connectivity index (χ4v) is 2.83. The molecule has 0 saturated carbocycles. The van der Waals surface area contributed by atoms with Crippen molar-refractivity contribution in [3.05, 3.63) is 20.4 Å². The monoisotopic (exact) mass is 309 g/mol. The van der Waals surface area contributed by atoms with Crippen molar-refractivity contribution in [2.75, 3.05) is 50.0 Å². The van der Waals surface area contributed by atoms with E-state index < -0.39 is 0 Å². The van der Waals surface area contributed by atoms with Gasteiger partial charge >= 0.3 is 0 Å². The second-order valence-electron chi connectivity index (χ2n) is 7.22. The molecule has 2 rings (SSSR count). The van der Waals surface area contributed by atoms with Gasteiger partial charge in [-0.1, -0.05) is 27.2 Å². The Morgan fingerprint density at radius 3 is 2.36 bits per heavy atom. The minimum absolute atomic E-state index is 0. The van der Waals surface area contributed by atoms with Crippen LogP contribution in [-0.2, 0) is 0 Å². The fraction of sp³-hybridized carbons (Fsp3) is 0.765. The lowest BCUT2D eigenvalue weighted by molar-refractivity contribution is 0.312. The molecular formula is C17H31N3O2. The number of piperazine rings is 1. The molecule has 1 aliphatic rings. The molecule has 0 aliphatic carbocycles. The molecule has 0 aromatic heterocycles. The third-order valence-electron chi connectivity index (χ3n) is 4.99. The molecule has 1 fully saturated rings. The molecule has 126 valence electrons. The van der Waals surface area contributed by atoms with Crippen LogP contribution in [0.4, 0.5) is 11.4 Å². The second-order valence-corrected chi connectivity index (χ2v) is 7.22. The van der Waals surface area contributed by atoms with Crippen LogP contribution >= 0.6 is 0 Å². The molecule has 0 bridgehead atoms. The molecular weight excluding hydrogens is 278 g/mol. The maximum Gasteiger partial charge on any atom is 0.253 e. The Hall–Kier alpha value is -1.36. The third-order valence-corrected chi connectivity index (χ3v) is 4.99. The first-order valence-electron chi connectivity index (χ1n) is 8.36. The quantitative estimate of drug-likeness (QED) is 0.616. The van der Waals surface area contributed by atoms with Crippen molar-refractivity contribution in [2.45, 2.75) is 40.0 Å². The molecule has 0 atom stereocenters. The molecule has 0 unspecified atom stereocenters. The number of rotatable bonds is 7. The maximum atomic E-state index is 11.9. The summed E-state index contributed by atoms with van der Waals surface area (Å²) in [6, 6.07) is 0. The lowest BCUT2D eigenvalue weighted by Gasteiger charge is -2.35. The average molecular weight is 309 g/mol. The summed E-state index contributed by atoms with van der Waals surface area (Å²) < 4.78 is 0. The Morgan fingerprint density at radius 1 is 1.14 bits per heavy atom. The van der Waals surface area contributed by atoms with Crippen molar-refractivity contribution in [3.8, 4) is 0 Å². The molecule has 1 N–H and O–H groups in total. The first-order valence-corrected chi connectivity index (χ1v) is 8.36. The Kier molecular flexibility index (Phi) is 5.27. The van der Waals surface area contributed by atoms with Gasteiger partial charge in [-0.2, -0.15) is 0 Å². The van der Waals surface area contributed by atoms with E-state index in [1.165, 1.54) is 0 Å². The van der Waals surface area contributed by atoms with Crippen LogP contribution < -0.4 is 21.1 Å². The fourth-order valence-electron chi connectivity index (χ4n) is 2.83. The zero-order valence-corrected chi connectivity index (χ0v) is 14.4. The molecule has 0 amide bonds. The molecule has 1 aromatic carbocycles. The van der Waals surface area contributed by atoms with Crippen molar-refractivity contribution < 1.29 is 1.43 Å². The minimum atomic E-state index is -0.344. The number of anilines is 2. The maximum absolute atomic E-state index is 11.9. The molecule has 1 saturated heterocycles. The van der Waals surface area contributed by atoms with Gasteiger partial charge in [0.05, 0.1) is 0 Å². The summed E-state index contributed by atoms with van der Waals surface area (Å²) in [6.45, 7) is 11.0. The Morgan fingerprint density at radius 2 is 1.77 bits per heavy atom. The largest absolute Gasteiger partial charge is 0.380 e. The lowest BCUT2D eigenvalue weighted by Crippen LogP contribution is -2.50. The highest BCUT2D eigenvalue weighted by molar-refractivity contribution is 5.75. The zero-order chi connectivity index (χ0) is 16.3. The minimum Gasteiger partial charge on any atom is -0.380 e. The van der Waals surface area contributed by atoms with Gasteiger partial charge in [0.2, 0.25) is 0 Å². The van der Waals surface area contributed by atoms with Gasteiger partial charge in [0.25, 0.3) is 10.9 Å². The Labute approximate surface area is 134 Å². The van der Waals surface area contributed by atoms with Gasteiger partial charge in [0.1, 0.15) is 11.4 Å². The highest BCUT2D eigenvalue weighted by atomic mass is 16.2. The van der Waals surface area contributed by atoms with Crippen molar-refractivity contribution in [1.29, 1.82) is 0 Å². The predicted molar refractivity (Wildman–Crippen MR) is 95.0 cm³/mol. The van der Waals surface area contributed by atoms with Gasteiger partial charge in [-0.3, -0.25) is 9.59 Å². The van der Waals surface area contributed by atoms with E-state index >= 15 is 0 Å².